The third-order valence-corrected chi connectivity index (χ3v) is 1.10. The van der Waals surface area contributed by atoms with E-state index in [1.165, 1.54) is 0 Å². The van der Waals surface area contributed by atoms with Gasteiger partial charge in [-0.05, 0) is 24.2 Å². The van der Waals surface area contributed by atoms with Gasteiger partial charge in [-0.1, -0.05) is 13.8 Å². The first-order valence-electron chi connectivity index (χ1n) is 3.02. The Balaban J connectivity index is 0. The van der Waals surface area contributed by atoms with E-state index in [4.69, 9.17) is 17.6 Å². The Bertz CT molecular complexity index is 139. The van der Waals surface area contributed by atoms with Gasteiger partial charge in [0.05, 0.1) is 5.95 Å². The summed E-state index contributed by atoms with van der Waals surface area (Å²) < 4.78 is 3.88. The topological polar surface area (TPSA) is 58.3 Å². The molecule has 0 aliphatic heterocycles. The summed E-state index contributed by atoms with van der Waals surface area (Å²) in [4.78, 5) is 0. The molecule has 0 heterocycles. The van der Waals surface area contributed by atoms with Crippen molar-refractivity contribution >= 4 is 11.9 Å². The molecular formula is C6H11ClNNaO2. The zero-order valence-electron chi connectivity index (χ0n) is 7.06. The van der Waals surface area contributed by atoms with Crippen LogP contribution < -0.4 is 40.4 Å². The summed E-state index contributed by atoms with van der Waals surface area (Å²) in [6.45, 7) is 3.91. The van der Waals surface area contributed by atoms with Crippen molar-refractivity contribution in [3.63, 3.8) is 0 Å². The molecule has 0 spiro atoms. The first-order valence-corrected chi connectivity index (χ1v) is 3.33. The molecule has 0 aliphatic carbocycles. The molecule has 11 heavy (non-hydrogen) atoms. The van der Waals surface area contributed by atoms with Crippen molar-refractivity contribution < 1.29 is 39.0 Å². The van der Waals surface area contributed by atoms with E-state index in [-0.39, 0.29) is 35.3 Å². The Hall–Kier alpha value is 0.430. The summed E-state index contributed by atoms with van der Waals surface area (Å²) in [5.41, 5.74) is 5.46. The van der Waals surface area contributed by atoms with E-state index in [0.717, 1.165) is 0 Å². The minimum Gasteiger partial charge on any atom is -0.543 e. The van der Waals surface area contributed by atoms with Crippen LogP contribution in [0.25, 0.3) is 0 Å². The van der Waals surface area contributed by atoms with Crippen LogP contribution in [0.2, 0.25) is 0 Å². The van der Waals surface area contributed by atoms with Crippen molar-refractivity contribution in [2.75, 3.05) is 0 Å². The molecule has 3 nitrogen and oxygen atoms in total. The molecule has 0 aromatic rings. The molecule has 0 bridgehead atoms. The van der Waals surface area contributed by atoms with E-state index in [9.17, 15) is 5.11 Å². The van der Waals surface area contributed by atoms with Gasteiger partial charge in [0.2, 0.25) is 0 Å². The summed E-state index contributed by atoms with van der Waals surface area (Å²) in [5, 5.41) is 10.5. The number of allylic oxidation sites excluding steroid dienone is 1. The van der Waals surface area contributed by atoms with Crippen molar-refractivity contribution in [2.24, 2.45) is 11.7 Å². The Morgan fingerprint density at radius 3 is 2.36 bits per heavy atom. The van der Waals surface area contributed by atoms with Crippen LogP contribution in [0, 0.1) is 5.92 Å². The first kappa shape index (κ1) is 14.0. The van der Waals surface area contributed by atoms with Gasteiger partial charge >= 0.3 is 29.6 Å². The first-order chi connectivity index (χ1) is 4.57. The Morgan fingerprint density at radius 1 is 1.64 bits per heavy atom. The van der Waals surface area contributed by atoms with Crippen LogP contribution in [0.1, 0.15) is 20.3 Å². The molecule has 0 rings (SSSR count). The molecule has 5 heteroatoms. The fraction of sp³-hybridized carbons (Fsp3) is 0.667. The second-order valence-corrected chi connectivity index (χ2v) is 2.64. The van der Waals surface area contributed by atoms with Crippen LogP contribution in [0.15, 0.2) is 11.6 Å². The maximum Gasteiger partial charge on any atom is 1.00 e. The fourth-order valence-electron chi connectivity index (χ4n) is 0.573. The Kier molecular flexibility index (Phi) is 9.02. The van der Waals surface area contributed by atoms with Crippen LogP contribution in [-0.4, -0.2) is 0 Å². The van der Waals surface area contributed by atoms with Gasteiger partial charge in [-0.15, -0.1) is 0 Å². The van der Waals surface area contributed by atoms with E-state index in [2.05, 4.69) is 4.29 Å². The second kappa shape index (κ2) is 7.10. The molecule has 2 N–H and O–H groups in total. The smallest absolute Gasteiger partial charge is 0.543 e. The molecule has 0 unspecified atom stereocenters. The molecule has 0 aromatic carbocycles. The van der Waals surface area contributed by atoms with Gasteiger partial charge in [0.15, 0.2) is 0 Å². The molecule has 0 radical (unpaired) electrons. The molecule has 60 valence electrons. The van der Waals surface area contributed by atoms with Gasteiger partial charge < -0.3 is 15.1 Å². The SMILES string of the molecule is CC(C)C/C(N)=C(\[O-])OCl.[Na+]. The van der Waals surface area contributed by atoms with Crippen molar-refractivity contribution in [1.82, 2.24) is 0 Å². The van der Waals surface area contributed by atoms with E-state index in [0.29, 0.717) is 12.3 Å². The average Bonchev–Trinajstić information content (AvgIpc) is 1.85. The van der Waals surface area contributed by atoms with E-state index < -0.39 is 5.95 Å². The van der Waals surface area contributed by atoms with Gasteiger partial charge in [-0.25, -0.2) is 0 Å². The van der Waals surface area contributed by atoms with E-state index in [1.54, 1.807) is 0 Å². The summed E-state index contributed by atoms with van der Waals surface area (Å²) in [5.74, 6) is -0.300. The Morgan fingerprint density at radius 2 is 2.09 bits per heavy atom. The maximum atomic E-state index is 10.5. The zero-order valence-corrected chi connectivity index (χ0v) is 9.81. The summed E-state index contributed by atoms with van der Waals surface area (Å²) in [6, 6.07) is 0. The fourth-order valence-corrected chi connectivity index (χ4v) is 0.672. The summed E-state index contributed by atoms with van der Waals surface area (Å²) >= 11 is 4.78. The van der Waals surface area contributed by atoms with Gasteiger partial charge in [-0.2, -0.15) is 0 Å². The van der Waals surface area contributed by atoms with Gasteiger partial charge in [0.25, 0.3) is 0 Å². The van der Waals surface area contributed by atoms with E-state index >= 15 is 0 Å². The monoisotopic (exact) mass is 187 g/mol. The number of hydrogen-bond acceptors (Lipinski definition) is 3. The maximum absolute atomic E-state index is 10.5. The quantitative estimate of drug-likeness (QED) is 0.399. The van der Waals surface area contributed by atoms with Gasteiger partial charge in [0, 0.05) is 5.70 Å². The molecule has 0 atom stereocenters. The van der Waals surface area contributed by atoms with Gasteiger partial charge in [0.1, 0.15) is 0 Å². The normalized spacial score (nSPS) is 12.0. The number of nitrogens with two attached hydrogens (primary N) is 1. The largest absolute Gasteiger partial charge is 1.00 e. The van der Waals surface area contributed by atoms with Gasteiger partial charge in [-0.3, -0.25) is 0 Å². The predicted octanol–water partition coefficient (Wildman–Crippen LogP) is -2.30. The van der Waals surface area contributed by atoms with Crippen LogP contribution in [0.3, 0.4) is 0 Å². The van der Waals surface area contributed by atoms with Crippen molar-refractivity contribution in [3.8, 4) is 0 Å². The molecular weight excluding hydrogens is 177 g/mol. The summed E-state index contributed by atoms with van der Waals surface area (Å²) in [6.07, 6.45) is 0.519. The molecule has 0 saturated carbocycles. The number of hydrogen-bond donors (Lipinski definition) is 1. The van der Waals surface area contributed by atoms with Crippen molar-refractivity contribution in [2.45, 2.75) is 20.3 Å². The molecule has 0 aromatic heterocycles. The average molecular weight is 188 g/mol. The van der Waals surface area contributed by atoms with Crippen LogP contribution in [0.4, 0.5) is 0 Å². The standard InChI is InChI=1S/C6H12ClNO2.Na/c1-4(2)3-5(8)6(9)10-7;/h4,9H,3,8H2,1-2H3;/q;+1/p-1/b6-5-;. The Labute approximate surface area is 94.0 Å². The third-order valence-electron chi connectivity index (χ3n) is 0.960. The second-order valence-electron chi connectivity index (χ2n) is 2.49. The van der Waals surface area contributed by atoms with E-state index in [1.807, 2.05) is 13.8 Å². The van der Waals surface area contributed by atoms with Crippen LogP contribution in [-0.2, 0) is 4.29 Å². The van der Waals surface area contributed by atoms with Crippen LogP contribution in [0.5, 0.6) is 0 Å². The number of halogens is 1. The third kappa shape index (κ3) is 6.81. The van der Waals surface area contributed by atoms with Crippen LogP contribution >= 0.6 is 11.9 Å². The minimum absolute atomic E-state index is 0. The molecule has 0 aliphatic rings. The molecule has 0 fully saturated rings. The predicted molar refractivity (Wildman–Crippen MR) is 37.6 cm³/mol. The summed E-state index contributed by atoms with van der Waals surface area (Å²) in [7, 11) is 0. The molecule has 0 saturated heterocycles. The number of rotatable bonds is 3. The van der Waals surface area contributed by atoms with Crippen molar-refractivity contribution in [3.05, 3.63) is 11.6 Å². The minimum atomic E-state index is -0.643. The zero-order chi connectivity index (χ0) is 8.15. The molecule has 0 amide bonds. The van der Waals surface area contributed by atoms with Crippen molar-refractivity contribution in [1.29, 1.82) is 0 Å².